The van der Waals surface area contributed by atoms with Gasteiger partial charge >= 0.3 is 0 Å². The van der Waals surface area contributed by atoms with E-state index in [1.165, 1.54) is 12.2 Å². The van der Waals surface area contributed by atoms with Gasteiger partial charge in [0.25, 0.3) is 0 Å². The molecule has 2 aliphatic rings. The van der Waals surface area contributed by atoms with Gasteiger partial charge in [-0.15, -0.1) is 0 Å². The molecular weight excluding hydrogens is 256 g/mol. The summed E-state index contributed by atoms with van der Waals surface area (Å²) >= 11 is 0. The highest BCUT2D eigenvalue weighted by atomic mass is 16.3. The Morgan fingerprint density at radius 3 is 1.25 bits per heavy atom. The third-order valence-electron chi connectivity index (χ3n) is 2.91. The van der Waals surface area contributed by atoms with Gasteiger partial charge in [0, 0.05) is 22.3 Å². The lowest BCUT2D eigenvalue weighted by Crippen LogP contribution is -2.19. The van der Waals surface area contributed by atoms with Gasteiger partial charge in [0.1, 0.15) is 0 Å². The van der Waals surface area contributed by atoms with Crippen LogP contribution in [0.25, 0.3) is 0 Å². The maximum absolute atomic E-state index is 11.0. The molecule has 0 aromatic heterocycles. The summed E-state index contributed by atoms with van der Waals surface area (Å²) in [4.78, 5) is 21.4. The molecule has 0 bridgehead atoms. The molecular formula is C16H14O4. The number of carbonyl (C=O) groups excluding carboxylic acids is 2. The van der Waals surface area contributed by atoms with E-state index in [2.05, 4.69) is 32.9 Å². The Bertz CT molecular complexity index is 654. The van der Waals surface area contributed by atoms with E-state index >= 15 is 0 Å². The Hall–Kier alpha value is -2.88. The third kappa shape index (κ3) is 2.19. The van der Waals surface area contributed by atoms with Gasteiger partial charge in [-0.1, -0.05) is 45.0 Å². The van der Waals surface area contributed by atoms with Gasteiger partial charge in [0.15, 0.2) is 11.5 Å². The number of hydrogen-bond acceptors (Lipinski definition) is 4. The highest BCUT2D eigenvalue weighted by Crippen LogP contribution is 2.29. The van der Waals surface area contributed by atoms with Gasteiger partial charge in [-0.25, -0.2) is 0 Å². The van der Waals surface area contributed by atoms with Crippen LogP contribution < -0.4 is 0 Å². The molecule has 2 N–H and O–H groups in total. The summed E-state index contributed by atoms with van der Waals surface area (Å²) in [5.74, 6) is -1.33. The molecule has 0 aromatic carbocycles. The SMILES string of the molecule is C=CC1=C(O)C(=O)C(=C)C1=C.C=CC1=C(O)C(=O)C1=C. The lowest BCUT2D eigenvalue weighted by molar-refractivity contribution is -0.116. The third-order valence-corrected chi connectivity index (χ3v) is 2.91. The summed E-state index contributed by atoms with van der Waals surface area (Å²) in [6, 6.07) is 0. The first-order valence-corrected chi connectivity index (χ1v) is 5.56. The second kappa shape index (κ2) is 5.40. The molecule has 2 aliphatic carbocycles. The first kappa shape index (κ1) is 15.2. The Kier molecular flexibility index (Phi) is 4.10. The highest BCUT2D eigenvalue weighted by molar-refractivity contribution is 6.18. The molecule has 0 saturated carbocycles. The molecule has 102 valence electrons. The van der Waals surface area contributed by atoms with Crippen molar-refractivity contribution in [3.8, 4) is 0 Å². The van der Waals surface area contributed by atoms with Gasteiger partial charge in [0.2, 0.25) is 11.6 Å². The van der Waals surface area contributed by atoms with Crippen LogP contribution in [0.15, 0.2) is 84.4 Å². The minimum absolute atomic E-state index is 0.213. The van der Waals surface area contributed by atoms with E-state index in [1.54, 1.807) is 0 Å². The molecule has 0 fully saturated rings. The fourth-order valence-corrected chi connectivity index (χ4v) is 1.62. The van der Waals surface area contributed by atoms with E-state index < -0.39 is 5.78 Å². The van der Waals surface area contributed by atoms with Crippen molar-refractivity contribution < 1.29 is 19.8 Å². The summed E-state index contributed by atoms with van der Waals surface area (Å²) in [5.41, 5.74) is 1.92. The van der Waals surface area contributed by atoms with Crippen LogP contribution in [0, 0.1) is 0 Å². The summed E-state index contributed by atoms with van der Waals surface area (Å²) in [7, 11) is 0. The molecule has 0 saturated heterocycles. The summed E-state index contributed by atoms with van der Waals surface area (Å²) in [6.07, 6.45) is 2.81. The lowest BCUT2D eigenvalue weighted by atomic mass is 9.89. The van der Waals surface area contributed by atoms with Crippen LogP contribution in [0.3, 0.4) is 0 Å². The molecule has 0 atom stereocenters. The second-order valence-electron chi connectivity index (χ2n) is 4.03. The normalized spacial score (nSPS) is 17.9. The molecule has 2 rings (SSSR count). The van der Waals surface area contributed by atoms with Crippen molar-refractivity contribution >= 4 is 11.6 Å². The molecule has 0 heterocycles. The number of aliphatic hydroxyl groups is 2. The summed E-state index contributed by atoms with van der Waals surface area (Å²) in [5, 5.41) is 17.9. The van der Waals surface area contributed by atoms with E-state index in [0.29, 0.717) is 22.3 Å². The zero-order valence-electron chi connectivity index (χ0n) is 10.9. The Balaban J connectivity index is 0.000000204. The number of Topliss-reactive ketones (excluding diaryl/α,β-unsaturated/α-hetero) is 2. The van der Waals surface area contributed by atoms with E-state index in [4.69, 9.17) is 10.2 Å². The number of aliphatic hydroxyl groups excluding tert-OH is 2. The van der Waals surface area contributed by atoms with Crippen LogP contribution in [0.5, 0.6) is 0 Å². The first-order valence-electron chi connectivity index (χ1n) is 5.56. The standard InChI is InChI=1S/C9H8O2.C7H6O2/c1-4-7-5(2)6(3)8(10)9(7)11;1-3-5-4(2)6(8)7(5)9/h4,11H,1-3H2;3,9H,1-2H2. The smallest absolute Gasteiger partial charge is 0.228 e. The van der Waals surface area contributed by atoms with E-state index in [1.807, 2.05) is 0 Å². The summed E-state index contributed by atoms with van der Waals surface area (Å²) < 4.78 is 0. The Labute approximate surface area is 116 Å². The lowest BCUT2D eigenvalue weighted by Gasteiger charge is -2.15. The first-order chi connectivity index (χ1) is 9.27. The van der Waals surface area contributed by atoms with Gasteiger partial charge in [-0.2, -0.15) is 0 Å². The molecule has 4 nitrogen and oxygen atoms in total. The fraction of sp³-hybridized carbons (Fsp3) is 0. The Morgan fingerprint density at radius 1 is 0.700 bits per heavy atom. The highest BCUT2D eigenvalue weighted by Gasteiger charge is 2.29. The van der Waals surface area contributed by atoms with E-state index in [0.717, 1.165) is 0 Å². The zero-order valence-corrected chi connectivity index (χ0v) is 10.9. The average molecular weight is 270 g/mol. The van der Waals surface area contributed by atoms with Crippen LogP contribution in [-0.4, -0.2) is 21.8 Å². The van der Waals surface area contributed by atoms with Crippen LogP contribution in [0.4, 0.5) is 0 Å². The Morgan fingerprint density at radius 2 is 1.05 bits per heavy atom. The van der Waals surface area contributed by atoms with Gasteiger partial charge < -0.3 is 10.2 Å². The number of carbonyl (C=O) groups is 2. The quantitative estimate of drug-likeness (QED) is 0.757. The van der Waals surface area contributed by atoms with Crippen molar-refractivity contribution in [2.45, 2.75) is 0 Å². The molecule has 0 amide bonds. The van der Waals surface area contributed by atoms with Crippen LogP contribution >= 0.6 is 0 Å². The van der Waals surface area contributed by atoms with Crippen LogP contribution in [0.1, 0.15) is 0 Å². The maximum Gasteiger partial charge on any atom is 0.228 e. The van der Waals surface area contributed by atoms with Crippen molar-refractivity contribution in [2.75, 3.05) is 0 Å². The predicted octanol–water partition coefficient (Wildman–Crippen LogP) is 2.80. The number of rotatable bonds is 2. The predicted molar refractivity (Wildman–Crippen MR) is 77.1 cm³/mol. The van der Waals surface area contributed by atoms with Crippen molar-refractivity contribution in [1.29, 1.82) is 0 Å². The molecule has 0 radical (unpaired) electrons. The minimum Gasteiger partial charge on any atom is -0.504 e. The van der Waals surface area contributed by atoms with Crippen LogP contribution in [0.2, 0.25) is 0 Å². The van der Waals surface area contributed by atoms with Gasteiger partial charge in [-0.05, 0) is 5.57 Å². The monoisotopic (exact) mass is 270 g/mol. The second-order valence-corrected chi connectivity index (χ2v) is 4.03. The van der Waals surface area contributed by atoms with Crippen molar-refractivity contribution in [2.24, 2.45) is 0 Å². The van der Waals surface area contributed by atoms with Crippen LogP contribution in [-0.2, 0) is 9.59 Å². The van der Waals surface area contributed by atoms with Crippen molar-refractivity contribution in [1.82, 2.24) is 0 Å². The topological polar surface area (TPSA) is 74.6 Å². The molecule has 0 aromatic rings. The van der Waals surface area contributed by atoms with Crippen molar-refractivity contribution in [3.63, 3.8) is 0 Å². The minimum atomic E-state index is -0.454. The number of ketones is 2. The van der Waals surface area contributed by atoms with E-state index in [-0.39, 0.29) is 22.9 Å². The number of allylic oxidation sites excluding steroid dienone is 7. The zero-order chi connectivity index (χ0) is 15.6. The van der Waals surface area contributed by atoms with Crippen molar-refractivity contribution in [3.05, 3.63) is 84.4 Å². The molecule has 0 aliphatic heterocycles. The molecule has 0 spiro atoms. The number of hydrogen-bond donors (Lipinski definition) is 2. The average Bonchev–Trinajstić information content (AvgIpc) is 2.63. The van der Waals surface area contributed by atoms with Gasteiger partial charge in [0.05, 0.1) is 0 Å². The van der Waals surface area contributed by atoms with E-state index in [9.17, 15) is 9.59 Å². The molecule has 4 heteroatoms. The molecule has 0 unspecified atom stereocenters. The van der Waals surface area contributed by atoms with Gasteiger partial charge in [-0.3, -0.25) is 9.59 Å². The largest absolute Gasteiger partial charge is 0.504 e. The summed E-state index contributed by atoms with van der Waals surface area (Å²) in [6.45, 7) is 17.3. The maximum atomic E-state index is 11.0. The molecule has 20 heavy (non-hydrogen) atoms. The fourth-order valence-electron chi connectivity index (χ4n) is 1.62.